The maximum Gasteiger partial charge on any atom is 0.387 e. The van der Waals surface area contributed by atoms with Crippen LogP contribution in [-0.2, 0) is 11.3 Å². The quantitative estimate of drug-likeness (QED) is 0.229. The summed E-state index contributed by atoms with van der Waals surface area (Å²) in [6.45, 7) is 2.70. The molecule has 1 aromatic carbocycles. The van der Waals surface area contributed by atoms with Crippen LogP contribution in [0.5, 0.6) is 11.5 Å². The predicted octanol–water partition coefficient (Wildman–Crippen LogP) is 3.39. The zero-order valence-corrected chi connectivity index (χ0v) is 17.9. The van der Waals surface area contributed by atoms with Crippen molar-refractivity contribution in [3.05, 3.63) is 23.8 Å². The molecule has 2 N–H and O–H groups in total. The minimum Gasteiger partial charge on any atom is -0.497 e. The highest BCUT2D eigenvalue weighted by Crippen LogP contribution is 2.25. The van der Waals surface area contributed by atoms with Crippen LogP contribution in [0.3, 0.4) is 0 Å². The third kappa shape index (κ3) is 9.95. The fourth-order valence-corrected chi connectivity index (χ4v) is 2.03. The van der Waals surface area contributed by atoms with Gasteiger partial charge < -0.3 is 24.8 Å². The summed E-state index contributed by atoms with van der Waals surface area (Å²) in [5, 5.41) is 6.21. The Morgan fingerprint density at radius 2 is 1.96 bits per heavy atom. The molecule has 0 spiro atoms. The van der Waals surface area contributed by atoms with Crippen molar-refractivity contribution in [2.75, 3.05) is 27.3 Å². The van der Waals surface area contributed by atoms with E-state index in [4.69, 9.17) is 9.47 Å². The molecule has 150 valence electrons. The van der Waals surface area contributed by atoms with Crippen molar-refractivity contribution in [3.63, 3.8) is 0 Å². The predicted molar refractivity (Wildman–Crippen MR) is 109 cm³/mol. The first kappa shape index (κ1) is 24.6. The fraction of sp³-hybridized carbons (Fsp3) is 0.588. The molecule has 0 aromatic heterocycles. The Bertz CT molecular complexity index is 546. The first-order chi connectivity index (χ1) is 12.0. The number of aliphatic imine (C=N–C) groups is 1. The number of ether oxygens (including phenoxy) is 3. The summed E-state index contributed by atoms with van der Waals surface area (Å²) in [6.07, 6.45) is 1.04. The molecule has 0 amide bonds. The van der Waals surface area contributed by atoms with Crippen molar-refractivity contribution in [2.45, 2.75) is 39.5 Å². The average molecular weight is 487 g/mol. The van der Waals surface area contributed by atoms with Crippen LogP contribution in [-0.4, -0.2) is 46.0 Å². The molecule has 0 unspecified atom stereocenters. The first-order valence-corrected chi connectivity index (χ1v) is 8.14. The number of guanidine groups is 1. The zero-order chi connectivity index (χ0) is 18.7. The molecule has 0 aliphatic heterocycles. The second-order valence-corrected chi connectivity index (χ2v) is 5.48. The van der Waals surface area contributed by atoms with Gasteiger partial charge in [0, 0.05) is 32.3 Å². The second kappa shape index (κ2) is 13.8. The normalized spacial score (nSPS) is 11.3. The van der Waals surface area contributed by atoms with E-state index in [1.54, 1.807) is 19.2 Å². The van der Waals surface area contributed by atoms with Crippen LogP contribution in [0, 0.1) is 0 Å². The van der Waals surface area contributed by atoms with E-state index in [-0.39, 0.29) is 42.4 Å². The number of methoxy groups -OCH3 is 1. The van der Waals surface area contributed by atoms with Crippen LogP contribution in [0.25, 0.3) is 0 Å². The highest BCUT2D eigenvalue weighted by atomic mass is 127. The summed E-state index contributed by atoms with van der Waals surface area (Å²) in [5.74, 6) is 1.23. The number of hydrogen-bond acceptors (Lipinski definition) is 4. The van der Waals surface area contributed by atoms with E-state index in [0.29, 0.717) is 30.4 Å². The van der Waals surface area contributed by atoms with E-state index in [1.807, 2.05) is 13.8 Å². The molecule has 0 saturated carbocycles. The molecule has 26 heavy (non-hydrogen) atoms. The Balaban J connectivity index is 0.00000625. The standard InChI is InChI=1S/C17H27F2N3O3.HI/c1-12(2)24-9-5-8-21-17(20-3)22-11-13-10-14(23-4)6-7-15(13)25-16(18)19;/h6-7,10,12,16H,5,8-9,11H2,1-4H3,(H2,20,21,22);1H. The summed E-state index contributed by atoms with van der Waals surface area (Å²) in [6, 6.07) is 4.68. The van der Waals surface area contributed by atoms with Crippen molar-refractivity contribution < 1.29 is 23.0 Å². The van der Waals surface area contributed by atoms with Crippen molar-refractivity contribution >= 4 is 29.9 Å². The van der Waals surface area contributed by atoms with Gasteiger partial charge in [0.2, 0.25) is 0 Å². The molecule has 0 saturated heterocycles. The molecule has 0 atom stereocenters. The van der Waals surface area contributed by atoms with Gasteiger partial charge in [-0.15, -0.1) is 24.0 Å². The molecular formula is C17H28F2IN3O3. The second-order valence-electron chi connectivity index (χ2n) is 5.48. The Morgan fingerprint density at radius 3 is 2.54 bits per heavy atom. The molecule has 1 rings (SSSR count). The van der Waals surface area contributed by atoms with Crippen LogP contribution in [0.15, 0.2) is 23.2 Å². The van der Waals surface area contributed by atoms with Gasteiger partial charge in [-0.25, -0.2) is 0 Å². The number of nitrogens with zero attached hydrogens (tertiary/aromatic N) is 1. The maximum atomic E-state index is 12.5. The molecule has 0 fully saturated rings. The van der Waals surface area contributed by atoms with Crippen LogP contribution in [0.4, 0.5) is 8.78 Å². The van der Waals surface area contributed by atoms with Gasteiger partial charge in [0.1, 0.15) is 11.5 Å². The van der Waals surface area contributed by atoms with E-state index in [1.165, 1.54) is 13.2 Å². The van der Waals surface area contributed by atoms with Gasteiger partial charge in [0.05, 0.1) is 13.2 Å². The highest BCUT2D eigenvalue weighted by molar-refractivity contribution is 14.0. The Kier molecular flexibility index (Phi) is 13.1. The van der Waals surface area contributed by atoms with Crippen molar-refractivity contribution in [2.24, 2.45) is 4.99 Å². The molecule has 0 heterocycles. The number of rotatable bonds is 10. The molecule has 6 nitrogen and oxygen atoms in total. The minimum absolute atomic E-state index is 0. The summed E-state index contributed by atoms with van der Waals surface area (Å²) in [7, 11) is 3.15. The largest absolute Gasteiger partial charge is 0.497 e. The maximum absolute atomic E-state index is 12.5. The zero-order valence-electron chi connectivity index (χ0n) is 15.6. The van der Waals surface area contributed by atoms with Gasteiger partial charge in [-0.3, -0.25) is 4.99 Å². The van der Waals surface area contributed by atoms with E-state index in [2.05, 4.69) is 20.4 Å². The third-order valence-electron chi connectivity index (χ3n) is 3.22. The number of nitrogens with one attached hydrogen (secondary N) is 2. The molecule has 1 aromatic rings. The smallest absolute Gasteiger partial charge is 0.387 e. The lowest BCUT2D eigenvalue weighted by Gasteiger charge is -2.15. The number of hydrogen-bond donors (Lipinski definition) is 2. The molecule has 0 aliphatic rings. The van der Waals surface area contributed by atoms with Gasteiger partial charge in [-0.2, -0.15) is 8.78 Å². The summed E-state index contributed by atoms with van der Waals surface area (Å²) < 4.78 is 40.2. The summed E-state index contributed by atoms with van der Waals surface area (Å²) in [5.41, 5.74) is 0.547. The van der Waals surface area contributed by atoms with Gasteiger partial charge >= 0.3 is 6.61 Å². The first-order valence-electron chi connectivity index (χ1n) is 8.14. The molecule has 0 radical (unpaired) electrons. The summed E-state index contributed by atoms with van der Waals surface area (Å²) in [4.78, 5) is 4.10. The van der Waals surface area contributed by atoms with Gasteiger partial charge in [-0.05, 0) is 38.5 Å². The average Bonchev–Trinajstić information content (AvgIpc) is 2.57. The Labute approximate surface area is 170 Å². The van der Waals surface area contributed by atoms with Crippen molar-refractivity contribution in [1.29, 1.82) is 0 Å². The fourth-order valence-electron chi connectivity index (χ4n) is 2.03. The van der Waals surface area contributed by atoms with E-state index in [9.17, 15) is 8.78 Å². The van der Waals surface area contributed by atoms with Crippen LogP contribution >= 0.6 is 24.0 Å². The minimum atomic E-state index is -2.88. The van der Waals surface area contributed by atoms with Gasteiger partial charge in [0.15, 0.2) is 5.96 Å². The molecule has 0 aliphatic carbocycles. The topological polar surface area (TPSA) is 64.1 Å². The lowest BCUT2D eigenvalue weighted by molar-refractivity contribution is -0.0504. The van der Waals surface area contributed by atoms with Crippen molar-refractivity contribution in [3.8, 4) is 11.5 Å². The van der Waals surface area contributed by atoms with Gasteiger partial charge in [-0.1, -0.05) is 0 Å². The SMILES string of the molecule is CN=C(NCCCOC(C)C)NCc1cc(OC)ccc1OC(F)F.I. The lowest BCUT2D eigenvalue weighted by atomic mass is 10.2. The third-order valence-corrected chi connectivity index (χ3v) is 3.22. The number of benzene rings is 1. The number of alkyl halides is 2. The van der Waals surface area contributed by atoms with Crippen LogP contribution in [0.2, 0.25) is 0 Å². The van der Waals surface area contributed by atoms with Crippen LogP contribution < -0.4 is 20.1 Å². The Hall–Kier alpha value is -1.36. The van der Waals surface area contributed by atoms with Crippen LogP contribution in [0.1, 0.15) is 25.8 Å². The number of halogens is 3. The monoisotopic (exact) mass is 487 g/mol. The molecule has 9 heteroatoms. The molecular weight excluding hydrogens is 459 g/mol. The Morgan fingerprint density at radius 1 is 1.23 bits per heavy atom. The molecule has 0 bridgehead atoms. The van der Waals surface area contributed by atoms with E-state index < -0.39 is 6.61 Å². The van der Waals surface area contributed by atoms with E-state index >= 15 is 0 Å². The highest BCUT2D eigenvalue weighted by Gasteiger charge is 2.11. The summed E-state index contributed by atoms with van der Waals surface area (Å²) >= 11 is 0. The lowest BCUT2D eigenvalue weighted by Crippen LogP contribution is -2.37. The van der Waals surface area contributed by atoms with E-state index in [0.717, 1.165) is 6.42 Å². The van der Waals surface area contributed by atoms with Crippen molar-refractivity contribution in [1.82, 2.24) is 10.6 Å². The van der Waals surface area contributed by atoms with Gasteiger partial charge in [0.25, 0.3) is 0 Å².